The van der Waals surface area contributed by atoms with Crippen molar-refractivity contribution in [2.75, 3.05) is 25.0 Å². The minimum Gasteiger partial charge on any atom is -0.356 e. The highest BCUT2D eigenvalue weighted by molar-refractivity contribution is 7.80. The summed E-state index contributed by atoms with van der Waals surface area (Å²) in [6.07, 6.45) is 2.48. The number of benzene rings is 2. The van der Waals surface area contributed by atoms with Crippen LogP contribution >= 0.6 is 23.8 Å². The molecule has 1 heterocycles. The number of halogens is 1. The fourth-order valence-electron chi connectivity index (χ4n) is 3.44. The van der Waals surface area contributed by atoms with Gasteiger partial charge in [0.1, 0.15) is 6.04 Å². The summed E-state index contributed by atoms with van der Waals surface area (Å²) in [5, 5.41) is 18.0. The molecule has 0 spiro atoms. The van der Waals surface area contributed by atoms with Crippen molar-refractivity contribution in [3.63, 3.8) is 0 Å². The van der Waals surface area contributed by atoms with Crippen LogP contribution in [0.25, 0.3) is 0 Å². The maximum absolute atomic E-state index is 11.0. The number of nitrogens with zero attached hydrogens (tertiary/aromatic N) is 1. The molecule has 142 valence electrons. The van der Waals surface area contributed by atoms with Gasteiger partial charge in [0.05, 0.1) is 35.3 Å². The van der Waals surface area contributed by atoms with Crippen molar-refractivity contribution in [2.45, 2.75) is 18.9 Å². The number of nitrogens with one attached hydrogen (secondary N) is 3. The van der Waals surface area contributed by atoms with Gasteiger partial charge < -0.3 is 15.5 Å². The van der Waals surface area contributed by atoms with Crippen LogP contribution in [0.4, 0.5) is 11.4 Å². The molecular formula is C19H22ClN4O2S+. The van der Waals surface area contributed by atoms with Crippen LogP contribution in [-0.2, 0) is 0 Å². The number of hydrogen-bond donors (Lipinski definition) is 3. The normalized spacial score (nSPS) is 15.3. The molecule has 1 saturated heterocycles. The molecule has 0 radical (unpaired) electrons. The molecule has 2 aromatic carbocycles. The predicted molar refractivity (Wildman–Crippen MR) is 111 cm³/mol. The van der Waals surface area contributed by atoms with Crippen LogP contribution in [0.3, 0.4) is 0 Å². The fourth-order valence-corrected chi connectivity index (χ4v) is 3.80. The zero-order chi connectivity index (χ0) is 19.2. The maximum atomic E-state index is 11.0. The fraction of sp³-hybridized carbons (Fsp3) is 0.316. The van der Waals surface area contributed by atoms with E-state index in [0.717, 1.165) is 13.1 Å². The summed E-state index contributed by atoms with van der Waals surface area (Å²) in [6, 6.07) is 15.0. The Morgan fingerprint density at radius 1 is 1.22 bits per heavy atom. The van der Waals surface area contributed by atoms with Gasteiger partial charge in [-0.3, -0.25) is 10.1 Å². The van der Waals surface area contributed by atoms with Crippen molar-refractivity contribution in [3.05, 3.63) is 69.2 Å². The summed E-state index contributed by atoms with van der Waals surface area (Å²) >= 11 is 11.5. The third-order valence-corrected chi connectivity index (χ3v) is 5.39. The van der Waals surface area contributed by atoms with Crippen LogP contribution in [0.5, 0.6) is 0 Å². The number of thiocarbonyl (C=S) groups is 1. The van der Waals surface area contributed by atoms with E-state index in [1.54, 1.807) is 4.90 Å². The number of quaternary nitrogens is 1. The topological polar surface area (TPSA) is 71.6 Å². The van der Waals surface area contributed by atoms with E-state index in [2.05, 4.69) is 34.9 Å². The van der Waals surface area contributed by atoms with Crippen LogP contribution in [-0.4, -0.2) is 29.7 Å². The van der Waals surface area contributed by atoms with E-state index in [1.807, 2.05) is 6.07 Å². The van der Waals surface area contributed by atoms with Gasteiger partial charge >= 0.3 is 0 Å². The number of hydrogen-bond acceptors (Lipinski definition) is 3. The summed E-state index contributed by atoms with van der Waals surface area (Å²) in [5.41, 5.74) is 1.67. The van der Waals surface area contributed by atoms with Gasteiger partial charge in [-0.15, -0.1) is 0 Å². The zero-order valence-corrected chi connectivity index (χ0v) is 16.4. The Kier molecular flexibility index (Phi) is 6.60. The third kappa shape index (κ3) is 5.15. The molecule has 0 saturated carbocycles. The molecule has 1 aliphatic rings. The van der Waals surface area contributed by atoms with Gasteiger partial charge in [0, 0.05) is 30.5 Å². The largest absolute Gasteiger partial charge is 0.356 e. The average Bonchev–Trinajstić information content (AvgIpc) is 3.19. The summed E-state index contributed by atoms with van der Waals surface area (Å²) in [6.45, 7) is 2.98. The van der Waals surface area contributed by atoms with Gasteiger partial charge in [-0.2, -0.15) is 0 Å². The van der Waals surface area contributed by atoms with Gasteiger partial charge in [0.2, 0.25) is 0 Å². The Hall–Kier alpha value is -2.22. The molecule has 0 aromatic heterocycles. The molecule has 6 nitrogen and oxygen atoms in total. The average molecular weight is 406 g/mol. The first kappa shape index (κ1) is 19.5. The van der Waals surface area contributed by atoms with Crippen molar-refractivity contribution < 1.29 is 9.82 Å². The summed E-state index contributed by atoms with van der Waals surface area (Å²) < 4.78 is 0. The quantitative estimate of drug-likeness (QED) is 0.391. The molecule has 0 amide bonds. The standard InChI is InChI=1S/C19H21ClN4O2S/c20-16-9-8-15(24(25)26)12-17(16)22-19(27)21-13-18(23-10-4-5-11-23)14-6-2-1-3-7-14/h1-3,6-9,12,18H,4-5,10-11,13H2,(H2,21,22,27)/p+1/t18-/m0/s1. The molecule has 1 atom stereocenters. The van der Waals surface area contributed by atoms with Gasteiger partial charge in [-0.05, 0) is 18.3 Å². The van der Waals surface area contributed by atoms with Crippen LogP contribution in [0, 0.1) is 10.1 Å². The molecule has 27 heavy (non-hydrogen) atoms. The monoisotopic (exact) mass is 405 g/mol. The summed E-state index contributed by atoms with van der Waals surface area (Å²) in [7, 11) is 0. The van der Waals surface area contributed by atoms with E-state index in [9.17, 15) is 10.1 Å². The Morgan fingerprint density at radius 2 is 1.93 bits per heavy atom. The Morgan fingerprint density at radius 3 is 2.59 bits per heavy atom. The molecule has 3 rings (SSSR count). The lowest BCUT2D eigenvalue weighted by molar-refractivity contribution is -0.918. The first-order chi connectivity index (χ1) is 13.0. The Balaban J connectivity index is 1.66. The SMILES string of the molecule is O=[N+]([O-])c1ccc(Cl)c(NC(=S)NC[C@@H](c2ccccc2)[NH+]2CCCC2)c1. The van der Waals surface area contributed by atoms with Crippen LogP contribution < -0.4 is 15.5 Å². The van der Waals surface area contributed by atoms with E-state index in [-0.39, 0.29) is 5.69 Å². The van der Waals surface area contributed by atoms with Crippen molar-refractivity contribution in [2.24, 2.45) is 0 Å². The lowest BCUT2D eigenvalue weighted by Crippen LogP contribution is -3.11. The number of anilines is 1. The van der Waals surface area contributed by atoms with Crippen molar-refractivity contribution >= 4 is 40.3 Å². The van der Waals surface area contributed by atoms with Gasteiger partial charge in [0.25, 0.3) is 5.69 Å². The molecule has 1 aliphatic heterocycles. The molecule has 0 bridgehead atoms. The molecule has 1 fully saturated rings. The molecule has 0 aliphatic carbocycles. The molecule has 3 N–H and O–H groups in total. The van der Waals surface area contributed by atoms with Crippen LogP contribution in [0.1, 0.15) is 24.4 Å². The summed E-state index contributed by atoms with van der Waals surface area (Å²) in [5.74, 6) is 0. The first-order valence-corrected chi connectivity index (χ1v) is 9.71. The maximum Gasteiger partial charge on any atom is 0.271 e. The van der Waals surface area contributed by atoms with E-state index >= 15 is 0 Å². The highest BCUT2D eigenvalue weighted by Gasteiger charge is 2.27. The molecular weight excluding hydrogens is 384 g/mol. The second-order valence-electron chi connectivity index (χ2n) is 6.58. The smallest absolute Gasteiger partial charge is 0.271 e. The summed E-state index contributed by atoms with van der Waals surface area (Å²) in [4.78, 5) is 12.0. The molecule has 0 unspecified atom stereocenters. The van der Waals surface area contributed by atoms with Crippen molar-refractivity contribution in [1.82, 2.24) is 5.32 Å². The first-order valence-electron chi connectivity index (χ1n) is 8.93. The second kappa shape index (κ2) is 9.12. The highest BCUT2D eigenvalue weighted by Crippen LogP contribution is 2.26. The lowest BCUT2D eigenvalue weighted by Gasteiger charge is -2.26. The highest BCUT2D eigenvalue weighted by atomic mass is 35.5. The Labute approximate surface area is 168 Å². The van der Waals surface area contributed by atoms with Gasteiger partial charge in [-0.25, -0.2) is 0 Å². The van der Waals surface area contributed by atoms with E-state index in [1.165, 1.54) is 36.6 Å². The number of nitro groups is 1. The van der Waals surface area contributed by atoms with Gasteiger partial charge in [0.15, 0.2) is 5.11 Å². The minimum absolute atomic E-state index is 0.0339. The number of non-ortho nitro benzene ring substituents is 1. The minimum atomic E-state index is -0.458. The molecule has 2 aromatic rings. The molecule has 8 heteroatoms. The van der Waals surface area contributed by atoms with Crippen molar-refractivity contribution in [1.29, 1.82) is 0 Å². The number of likely N-dealkylation sites (tertiary alicyclic amines) is 1. The number of rotatable bonds is 6. The van der Waals surface area contributed by atoms with Crippen LogP contribution in [0.15, 0.2) is 48.5 Å². The van der Waals surface area contributed by atoms with Crippen LogP contribution in [0.2, 0.25) is 5.02 Å². The number of nitro benzene ring substituents is 1. The third-order valence-electron chi connectivity index (χ3n) is 4.82. The van der Waals surface area contributed by atoms with E-state index < -0.39 is 4.92 Å². The van der Waals surface area contributed by atoms with E-state index in [4.69, 9.17) is 23.8 Å². The Bertz CT molecular complexity index is 813. The predicted octanol–water partition coefficient (Wildman–Crippen LogP) is 2.95. The van der Waals surface area contributed by atoms with Crippen molar-refractivity contribution in [3.8, 4) is 0 Å². The second-order valence-corrected chi connectivity index (χ2v) is 7.40. The zero-order valence-electron chi connectivity index (χ0n) is 14.8. The van der Waals surface area contributed by atoms with E-state index in [0.29, 0.717) is 28.4 Å². The van der Waals surface area contributed by atoms with Gasteiger partial charge in [-0.1, -0.05) is 41.9 Å². The lowest BCUT2D eigenvalue weighted by atomic mass is 10.1.